The van der Waals surface area contributed by atoms with Gasteiger partial charge in [0.2, 0.25) is 0 Å². The Labute approximate surface area is 144 Å². The van der Waals surface area contributed by atoms with Gasteiger partial charge >= 0.3 is 0 Å². The summed E-state index contributed by atoms with van der Waals surface area (Å²) in [5, 5.41) is 13.2. The largest absolute Gasteiger partial charge is 0.466 e. The Hall–Kier alpha value is -2.37. The monoisotopic (exact) mass is 341 g/mol. The Kier molecular flexibility index (Phi) is 4.83. The van der Waals surface area contributed by atoms with Crippen LogP contribution in [0.3, 0.4) is 0 Å². The number of aryl methyl sites for hydroxylation is 2. The van der Waals surface area contributed by atoms with Gasteiger partial charge in [-0.25, -0.2) is 0 Å². The predicted molar refractivity (Wildman–Crippen MR) is 94.2 cm³/mol. The number of amides is 1. The highest BCUT2D eigenvalue weighted by Gasteiger charge is 2.16. The molecule has 0 fully saturated rings. The molecule has 0 radical (unpaired) electrons. The van der Waals surface area contributed by atoms with E-state index in [1.165, 1.54) is 17.6 Å². The molecule has 124 valence electrons. The quantitative estimate of drug-likeness (QED) is 0.738. The van der Waals surface area contributed by atoms with Crippen LogP contribution < -0.4 is 5.32 Å². The van der Waals surface area contributed by atoms with E-state index < -0.39 is 6.10 Å². The number of benzene rings is 1. The first-order valence-electron chi connectivity index (χ1n) is 7.69. The van der Waals surface area contributed by atoms with E-state index >= 15 is 0 Å². The van der Waals surface area contributed by atoms with E-state index in [4.69, 9.17) is 4.42 Å². The summed E-state index contributed by atoms with van der Waals surface area (Å²) < 4.78 is 5.22. The normalized spacial score (nSPS) is 12.1. The van der Waals surface area contributed by atoms with Crippen LogP contribution in [0.1, 0.15) is 43.1 Å². The van der Waals surface area contributed by atoms with Crippen molar-refractivity contribution in [3.8, 4) is 0 Å². The maximum atomic E-state index is 12.3. The fourth-order valence-electron chi connectivity index (χ4n) is 2.60. The summed E-state index contributed by atoms with van der Waals surface area (Å²) in [5.74, 6) is 0.422. The van der Waals surface area contributed by atoms with Crippen LogP contribution in [0.15, 0.2) is 53.1 Å². The van der Waals surface area contributed by atoms with E-state index in [9.17, 15) is 9.90 Å². The lowest BCUT2D eigenvalue weighted by molar-refractivity contribution is 0.0951. The third-order valence-electron chi connectivity index (χ3n) is 3.67. The highest BCUT2D eigenvalue weighted by atomic mass is 32.1. The molecule has 2 aromatic heterocycles. The summed E-state index contributed by atoms with van der Waals surface area (Å²) in [6, 6.07) is 13.1. The molecule has 0 aliphatic heterocycles. The van der Waals surface area contributed by atoms with Gasteiger partial charge in [0.1, 0.15) is 11.9 Å². The standard InChI is InChI=1S/C19H19NO3S/c1-12-8-13(2)10-14(9-12)19(22)20-11-15-5-6-17(24-15)18(21)16-4-3-7-23-16/h3-10,18,21H,11H2,1-2H3,(H,20,22). The highest BCUT2D eigenvalue weighted by molar-refractivity contribution is 7.12. The van der Waals surface area contributed by atoms with Gasteiger partial charge in [-0.1, -0.05) is 17.2 Å². The molecule has 0 bridgehead atoms. The van der Waals surface area contributed by atoms with Gasteiger partial charge in [0, 0.05) is 15.3 Å². The van der Waals surface area contributed by atoms with Gasteiger partial charge in [-0.15, -0.1) is 11.3 Å². The number of rotatable bonds is 5. The van der Waals surface area contributed by atoms with Crippen LogP contribution in [-0.4, -0.2) is 11.0 Å². The van der Waals surface area contributed by atoms with Crippen LogP contribution in [0.25, 0.3) is 0 Å². The van der Waals surface area contributed by atoms with Crippen molar-refractivity contribution in [2.24, 2.45) is 0 Å². The van der Waals surface area contributed by atoms with Gasteiger partial charge in [0.05, 0.1) is 12.8 Å². The molecule has 1 unspecified atom stereocenters. The van der Waals surface area contributed by atoms with Crippen LogP contribution in [0.4, 0.5) is 0 Å². The number of furan rings is 1. The van der Waals surface area contributed by atoms with Crippen molar-refractivity contribution in [2.45, 2.75) is 26.5 Å². The van der Waals surface area contributed by atoms with Crippen LogP contribution in [0, 0.1) is 13.8 Å². The Bertz CT molecular complexity index is 816. The Balaban J connectivity index is 1.64. The van der Waals surface area contributed by atoms with E-state index in [2.05, 4.69) is 5.32 Å². The zero-order valence-electron chi connectivity index (χ0n) is 13.6. The van der Waals surface area contributed by atoms with Gasteiger partial charge in [0.15, 0.2) is 0 Å². The number of hydrogen-bond donors (Lipinski definition) is 2. The lowest BCUT2D eigenvalue weighted by Crippen LogP contribution is -2.22. The molecule has 3 rings (SSSR count). The third kappa shape index (κ3) is 3.75. The number of carbonyl (C=O) groups excluding carboxylic acids is 1. The third-order valence-corrected chi connectivity index (χ3v) is 4.81. The highest BCUT2D eigenvalue weighted by Crippen LogP contribution is 2.28. The van der Waals surface area contributed by atoms with Crippen molar-refractivity contribution in [2.75, 3.05) is 0 Å². The number of aliphatic hydroxyl groups excluding tert-OH is 1. The van der Waals surface area contributed by atoms with Crippen molar-refractivity contribution >= 4 is 17.2 Å². The van der Waals surface area contributed by atoms with E-state index in [1.807, 2.05) is 44.2 Å². The maximum absolute atomic E-state index is 12.3. The summed E-state index contributed by atoms with van der Waals surface area (Å²) in [6.45, 7) is 4.39. The smallest absolute Gasteiger partial charge is 0.251 e. The molecule has 1 aromatic carbocycles. The topological polar surface area (TPSA) is 62.5 Å². The first-order chi connectivity index (χ1) is 11.5. The lowest BCUT2D eigenvalue weighted by atomic mass is 10.1. The second-order valence-corrected chi connectivity index (χ2v) is 6.98. The average Bonchev–Trinajstić information content (AvgIpc) is 3.22. The molecular formula is C19H19NO3S. The first kappa shape index (κ1) is 16.5. The zero-order valence-corrected chi connectivity index (χ0v) is 14.4. The van der Waals surface area contributed by atoms with Crippen molar-refractivity contribution in [1.82, 2.24) is 5.32 Å². The predicted octanol–water partition coefficient (Wildman–Crippen LogP) is 3.97. The van der Waals surface area contributed by atoms with Crippen LogP contribution in [0.2, 0.25) is 0 Å². The van der Waals surface area contributed by atoms with E-state index in [0.29, 0.717) is 17.9 Å². The SMILES string of the molecule is Cc1cc(C)cc(C(=O)NCc2ccc(C(O)c3ccco3)s2)c1. The Morgan fingerprint density at radius 3 is 2.62 bits per heavy atom. The molecule has 0 spiro atoms. The summed E-state index contributed by atoms with van der Waals surface area (Å²) in [4.78, 5) is 14.1. The average molecular weight is 341 g/mol. The van der Waals surface area contributed by atoms with E-state index in [1.54, 1.807) is 12.1 Å². The molecule has 0 aliphatic carbocycles. The second-order valence-electron chi connectivity index (χ2n) is 5.78. The summed E-state index contributed by atoms with van der Waals surface area (Å²) in [6.07, 6.45) is 0.769. The minimum absolute atomic E-state index is 0.0941. The Morgan fingerprint density at radius 1 is 1.21 bits per heavy atom. The number of carbonyl (C=O) groups is 1. The van der Waals surface area contributed by atoms with Gasteiger partial charge in [-0.2, -0.15) is 0 Å². The fourth-order valence-corrected chi connectivity index (χ4v) is 3.55. The number of nitrogens with one attached hydrogen (secondary N) is 1. The molecule has 5 heteroatoms. The molecule has 1 amide bonds. The molecular weight excluding hydrogens is 322 g/mol. The van der Waals surface area contributed by atoms with Crippen LogP contribution in [0.5, 0.6) is 0 Å². The molecule has 0 aliphatic rings. The molecule has 4 nitrogen and oxygen atoms in total. The molecule has 2 N–H and O–H groups in total. The van der Waals surface area contributed by atoms with E-state index in [-0.39, 0.29) is 5.91 Å². The summed E-state index contributed by atoms with van der Waals surface area (Å²) in [7, 11) is 0. The van der Waals surface area contributed by atoms with Crippen LogP contribution in [-0.2, 0) is 6.54 Å². The van der Waals surface area contributed by atoms with Gasteiger partial charge in [-0.3, -0.25) is 4.79 Å². The van der Waals surface area contributed by atoms with Crippen molar-refractivity contribution in [3.05, 3.63) is 80.9 Å². The van der Waals surface area contributed by atoms with Crippen molar-refractivity contribution in [3.63, 3.8) is 0 Å². The number of thiophene rings is 1. The zero-order chi connectivity index (χ0) is 17.1. The Morgan fingerprint density at radius 2 is 1.96 bits per heavy atom. The maximum Gasteiger partial charge on any atom is 0.251 e. The van der Waals surface area contributed by atoms with Crippen molar-refractivity contribution in [1.29, 1.82) is 0 Å². The summed E-state index contributed by atoms with van der Waals surface area (Å²) >= 11 is 1.46. The fraction of sp³-hybridized carbons (Fsp3) is 0.211. The first-order valence-corrected chi connectivity index (χ1v) is 8.51. The summed E-state index contributed by atoms with van der Waals surface area (Å²) in [5.41, 5.74) is 2.81. The van der Waals surface area contributed by atoms with Crippen molar-refractivity contribution < 1.29 is 14.3 Å². The number of hydrogen-bond acceptors (Lipinski definition) is 4. The molecule has 0 saturated carbocycles. The van der Waals surface area contributed by atoms with Gasteiger partial charge in [0.25, 0.3) is 5.91 Å². The minimum atomic E-state index is -0.770. The lowest BCUT2D eigenvalue weighted by Gasteiger charge is -2.06. The second kappa shape index (κ2) is 7.03. The molecule has 3 aromatic rings. The van der Waals surface area contributed by atoms with E-state index in [0.717, 1.165) is 20.9 Å². The molecule has 0 saturated heterocycles. The van der Waals surface area contributed by atoms with Gasteiger partial charge < -0.3 is 14.8 Å². The number of aliphatic hydroxyl groups is 1. The molecule has 24 heavy (non-hydrogen) atoms. The molecule has 1 atom stereocenters. The van der Waals surface area contributed by atoms with Gasteiger partial charge in [-0.05, 0) is 50.2 Å². The van der Waals surface area contributed by atoms with Crippen LogP contribution >= 0.6 is 11.3 Å². The molecule has 2 heterocycles. The minimum Gasteiger partial charge on any atom is -0.466 e.